The Bertz CT molecular complexity index is 354. The van der Waals surface area contributed by atoms with E-state index >= 15 is 0 Å². The van der Waals surface area contributed by atoms with Gasteiger partial charge in [0.2, 0.25) is 0 Å². The SMILES string of the molecule is CC1(C)C(C(CCc2cccs2)NN)C1(C)C. The fraction of sp³-hybridized carbons (Fsp3) is 0.714. The lowest BCUT2D eigenvalue weighted by Crippen LogP contribution is -2.39. The number of hydrazine groups is 1. The molecule has 1 atom stereocenters. The van der Waals surface area contributed by atoms with Crippen LogP contribution in [-0.4, -0.2) is 6.04 Å². The minimum Gasteiger partial charge on any atom is -0.271 e. The Morgan fingerprint density at radius 3 is 2.41 bits per heavy atom. The standard InChI is InChI=1S/C14H24N2S/c1-13(2)12(14(13,3)4)11(16-15)8-7-10-6-5-9-17-10/h5-6,9,11-12,16H,7-8,15H2,1-4H3. The van der Waals surface area contributed by atoms with Crippen LogP contribution in [0.2, 0.25) is 0 Å². The molecule has 1 fully saturated rings. The maximum atomic E-state index is 5.75. The van der Waals surface area contributed by atoms with E-state index in [4.69, 9.17) is 5.84 Å². The second-order valence-corrected chi connectivity index (χ2v) is 7.34. The molecule has 0 aliphatic heterocycles. The van der Waals surface area contributed by atoms with Crippen molar-refractivity contribution >= 4 is 11.3 Å². The van der Waals surface area contributed by atoms with Crippen LogP contribution in [0.3, 0.4) is 0 Å². The van der Waals surface area contributed by atoms with Crippen molar-refractivity contribution in [1.29, 1.82) is 0 Å². The van der Waals surface area contributed by atoms with Crippen molar-refractivity contribution in [3.63, 3.8) is 0 Å². The van der Waals surface area contributed by atoms with Crippen molar-refractivity contribution in [3.8, 4) is 0 Å². The number of aryl methyl sites for hydroxylation is 1. The molecule has 0 bridgehead atoms. The van der Waals surface area contributed by atoms with Gasteiger partial charge in [0.05, 0.1) is 0 Å². The van der Waals surface area contributed by atoms with Gasteiger partial charge in [-0.1, -0.05) is 33.8 Å². The second-order valence-electron chi connectivity index (χ2n) is 6.31. The van der Waals surface area contributed by atoms with Gasteiger partial charge in [-0.05, 0) is 41.0 Å². The van der Waals surface area contributed by atoms with Crippen molar-refractivity contribution in [2.24, 2.45) is 22.6 Å². The van der Waals surface area contributed by atoms with Crippen molar-refractivity contribution in [3.05, 3.63) is 22.4 Å². The summed E-state index contributed by atoms with van der Waals surface area (Å²) in [6.45, 7) is 9.42. The first-order chi connectivity index (χ1) is 7.91. The molecule has 1 aromatic heterocycles. The minimum absolute atomic E-state index is 0.402. The number of hydrogen-bond acceptors (Lipinski definition) is 3. The summed E-state index contributed by atoms with van der Waals surface area (Å²) in [6, 6.07) is 4.76. The number of hydrogen-bond donors (Lipinski definition) is 2. The maximum absolute atomic E-state index is 5.75. The molecular weight excluding hydrogens is 228 g/mol. The predicted octanol–water partition coefficient (Wildman–Crippen LogP) is 3.19. The van der Waals surface area contributed by atoms with Gasteiger partial charge in [-0.25, -0.2) is 0 Å². The molecule has 3 heteroatoms. The molecule has 2 nitrogen and oxygen atoms in total. The van der Waals surface area contributed by atoms with Crippen molar-refractivity contribution in [2.45, 2.75) is 46.6 Å². The summed E-state index contributed by atoms with van der Waals surface area (Å²) in [5, 5.41) is 2.14. The third kappa shape index (κ3) is 2.16. The van der Waals surface area contributed by atoms with Gasteiger partial charge in [-0.2, -0.15) is 0 Å². The highest BCUT2D eigenvalue weighted by Crippen LogP contribution is 2.69. The first-order valence-corrected chi connectivity index (χ1v) is 7.27. The average molecular weight is 252 g/mol. The molecule has 0 amide bonds. The van der Waals surface area contributed by atoms with E-state index in [2.05, 4.69) is 50.6 Å². The van der Waals surface area contributed by atoms with Crippen LogP contribution in [-0.2, 0) is 6.42 Å². The second kappa shape index (κ2) is 4.38. The molecule has 1 aliphatic carbocycles. The van der Waals surface area contributed by atoms with Gasteiger partial charge < -0.3 is 0 Å². The molecule has 1 aliphatic rings. The monoisotopic (exact) mass is 252 g/mol. The van der Waals surface area contributed by atoms with Crippen LogP contribution >= 0.6 is 11.3 Å². The Labute approximate surface area is 109 Å². The van der Waals surface area contributed by atoms with Crippen molar-refractivity contribution in [2.75, 3.05) is 0 Å². The van der Waals surface area contributed by atoms with E-state index in [9.17, 15) is 0 Å². The van der Waals surface area contributed by atoms with Crippen molar-refractivity contribution in [1.82, 2.24) is 5.43 Å². The van der Waals surface area contributed by atoms with Gasteiger partial charge in [0.25, 0.3) is 0 Å². The normalized spacial score (nSPS) is 23.6. The predicted molar refractivity (Wildman–Crippen MR) is 74.8 cm³/mol. The molecule has 0 saturated heterocycles. The summed E-state index contributed by atoms with van der Waals surface area (Å²) in [5.74, 6) is 6.43. The Kier molecular flexibility index (Phi) is 3.36. The van der Waals surface area contributed by atoms with Crippen LogP contribution in [0.25, 0.3) is 0 Å². The molecule has 3 N–H and O–H groups in total. The first-order valence-electron chi connectivity index (χ1n) is 6.40. The van der Waals surface area contributed by atoms with Crippen LogP contribution in [0, 0.1) is 16.7 Å². The zero-order chi connectivity index (χ0) is 12.7. The molecule has 17 heavy (non-hydrogen) atoms. The summed E-state index contributed by atoms with van der Waals surface area (Å²) < 4.78 is 0. The molecule has 2 rings (SSSR count). The zero-order valence-electron chi connectivity index (χ0n) is 11.3. The van der Waals surface area contributed by atoms with E-state index in [1.54, 1.807) is 0 Å². The Hall–Kier alpha value is -0.380. The Balaban J connectivity index is 1.95. The molecule has 1 saturated carbocycles. The summed E-state index contributed by atoms with van der Waals surface area (Å²) in [7, 11) is 0. The maximum Gasteiger partial charge on any atom is 0.0252 e. The van der Waals surface area contributed by atoms with Gasteiger partial charge in [-0.15, -0.1) is 11.3 Å². The number of rotatable bonds is 5. The smallest absolute Gasteiger partial charge is 0.0252 e. The molecule has 0 spiro atoms. The van der Waals surface area contributed by atoms with Crippen LogP contribution in [0.4, 0.5) is 0 Å². The lowest BCUT2D eigenvalue weighted by molar-refractivity contribution is 0.384. The van der Waals surface area contributed by atoms with Gasteiger partial charge in [-0.3, -0.25) is 11.3 Å². The fourth-order valence-corrected chi connectivity index (χ4v) is 4.08. The van der Waals surface area contributed by atoms with Crippen LogP contribution < -0.4 is 11.3 Å². The molecule has 0 aromatic carbocycles. The minimum atomic E-state index is 0.402. The quantitative estimate of drug-likeness (QED) is 0.624. The van der Waals surface area contributed by atoms with E-state index < -0.39 is 0 Å². The number of nitrogens with two attached hydrogens (primary N) is 1. The summed E-state index contributed by atoms with van der Waals surface area (Å²) in [6.07, 6.45) is 2.27. The lowest BCUT2D eigenvalue weighted by atomic mass is 10.00. The topological polar surface area (TPSA) is 38.0 Å². The Morgan fingerprint density at radius 1 is 1.35 bits per heavy atom. The molecule has 1 unspecified atom stereocenters. The van der Waals surface area contributed by atoms with Crippen molar-refractivity contribution < 1.29 is 0 Å². The molecule has 1 aromatic rings. The molecule has 1 heterocycles. The van der Waals surface area contributed by atoms with E-state index in [1.807, 2.05) is 11.3 Å². The van der Waals surface area contributed by atoms with E-state index in [-0.39, 0.29) is 0 Å². The first kappa shape index (κ1) is 13.1. The Morgan fingerprint density at radius 2 is 2.00 bits per heavy atom. The summed E-state index contributed by atoms with van der Waals surface area (Å²) in [5.41, 5.74) is 3.85. The molecule has 96 valence electrons. The molecule has 0 radical (unpaired) electrons. The zero-order valence-corrected chi connectivity index (χ0v) is 12.1. The lowest BCUT2D eigenvalue weighted by Gasteiger charge is -2.17. The number of thiophene rings is 1. The van der Waals surface area contributed by atoms with Gasteiger partial charge >= 0.3 is 0 Å². The summed E-state index contributed by atoms with van der Waals surface area (Å²) in [4.78, 5) is 1.46. The third-order valence-electron chi connectivity index (χ3n) is 5.03. The summed E-state index contributed by atoms with van der Waals surface area (Å²) >= 11 is 1.84. The van der Waals surface area contributed by atoms with Crippen LogP contribution in [0.5, 0.6) is 0 Å². The van der Waals surface area contributed by atoms with Gasteiger partial charge in [0.15, 0.2) is 0 Å². The highest BCUT2D eigenvalue weighted by atomic mass is 32.1. The van der Waals surface area contributed by atoms with Crippen LogP contribution in [0.15, 0.2) is 17.5 Å². The average Bonchev–Trinajstić information content (AvgIpc) is 2.65. The highest BCUT2D eigenvalue weighted by molar-refractivity contribution is 7.09. The highest BCUT2D eigenvalue weighted by Gasteiger charge is 2.66. The van der Waals surface area contributed by atoms with E-state index in [0.29, 0.717) is 22.8 Å². The van der Waals surface area contributed by atoms with Gasteiger partial charge in [0, 0.05) is 10.9 Å². The molecular formula is C14H24N2S. The van der Waals surface area contributed by atoms with E-state index in [0.717, 1.165) is 12.8 Å². The largest absolute Gasteiger partial charge is 0.271 e. The van der Waals surface area contributed by atoms with Gasteiger partial charge in [0.1, 0.15) is 0 Å². The van der Waals surface area contributed by atoms with E-state index in [1.165, 1.54) is 4.88 Å². The van der Waals surface area contributed by atoms with Crippen LogP contribution in [0.1, 0.15) is 39.0 Å². The fourth-order valence-electron chi connectivity index (χ4n) is 3.35. The number of nitrogens with one attached hydrogen (secondary N) is 1. The third-order valence-corrected chi connectivity index (χ3v) is 5.97.